The van der Waals surface area contributed by atoms with Gasteiger partial charge in [-0.15, -0.1) is 0 Å². The molecule has 2 aromatic rings. The summed E-state index contributed by atoms with van der Waals surface area (Å²) in [5.41, 5.74) is 3.29. The molecule has 0 unspecified atom stereocenters. The van der Waals surface area contributed by atoms with Gasteiger partial charge in [-0.25, -0.2) is 9.97 Å². The van der Waals surface area contributed by atoms with E-state index in [1.54, 1.807) is 17.8 Å². The first-order valence-electron chi connectivity index (χ1n) is 6.77. The van der Waals surface area contributed by atoms with Crippen LogP contribution in [0.3, 0.4) is 0 Å². The van der Waals surface area contributed by atoms with E-state index in [9.17, 15) is 10.2 Å². The summed E-state index contributed by atoms with van der Waals surface area (Å²) in [4.78, 5) is 11.2. The lowest BCUT2D eigenvalue weighted by molar-refractivity contribution is 0.241. The van der Waals surface area contributed by atoms with Gasteiger partial charge in [-0.1, -0.05) is 17.8 Å². The average molecular weight is 303 g/mol. The second-order valence-electron chi connectivity index (χ2n) is 5.11. The van der Waals surface area contributed by atoms with Crippen LogP contribution in [0.25, 0.3) is 0 Å². The third kappa shape index (κ3) is 3.11. The maximum atomic E-state index is 9.55. The lowest BCUT2D eigenvalue weighted by Crippen LogP contribution is -2.30. The molecule has 2 N–H and O–H groups in total. The standard InChI is InChI=1S/C15H17N3O2S/c1-21-15-16-7-11-9-18(5-4-12(11)17-15)8-10-2-3-13(19)14(20)6-10/h2-3,6-7,19-20H,4-5,8-9H2,1H3. The molecule has 0 radical (unpaired) electrons. The van der Waals surface area contributed by atoms with Crippen molar-refractivity contribution >= 4 is 11.8 Å². The van der Waals surface area contributed by atoms with Gasteiger partial charge in [0.25, 0.3) is 0 Å². The minimum Gasteiger partial charge on any atom is -0.504 e. The summed E-state index contributed by atoms with van der Waals surface area (Å²) < 4.78 is 0. The highest BCUT2D eigenvalue weighted by Crippen LogP contribution is 2.26. The van der Waals surface area contributed by atoms with Crippen molar-refractivity contribution in [2.75, 3.05) is 12.8 Å². The van der Waals surface area contributed by atoms with Crippen molar-refractivity contribution < 1.29 is 10.2 Å². The summed E-state index contributed by atoms with van der Waals surface area (Å²) in [5, 5.41) is 19.7. The summed E-state index contributed by atoms with van der Waals surface area (Å²) >= 11 is 1.56. The number of fused-ring (bicyclic) bond motifs is 1. The fourth-order valence-electron chi connectivity index (χ4n) is 2.52. The Kier molecular flexibility index (Phi) is 3.98. The van der Waals surface area contributed by atoms with Gasteiger partial charge in [0.2, 0.25) is 0 Å². The Morgan fingerprint density at radius 3 is 2.90 bits per heavy atom. The Labute approximate surface area is 127 Å². The van der Waals surface area contributed by atoms with Crippen LogP contribution in [0.1, 0.15) is 16.8 Å². The van der Waals surface area contributed by atoms with E-state index >= 15 is 0 Å². The first-order valence-corrected chi connectivity index (χ1v) is 8.00. The molecule has 0 aliphatic carbocycles. The Balaban J connectivity index is 1.72. The zero-order valence-corrected chi connectivity index (χ0v) is 12.6. The monoisotopic (exact) mass is 303 g/mol. The van der Waals surface area contributed by atoms with Crippen molar-refractivity contribution in [2.24, 2.45) is 0 Å². The minimum atomic E-state index is -0.0827. The summed E-state index contributed by atoms with van der Waals surface area (Å²) in [5.74, 6) is -0.154. The van der Waals surface area contributed by atoms with Crippen molar-refractivity contribution in [3.8, 4) is 11.5 Å². The predicted octanol–water partition coefficient (Wildman–Crippen LogP) is 2.17. The quantitative estimate of drug-likeness (QED) is 0.514. The molecule has 2 heterocycles. The highest BCUT2D eigenvalue weighted by molar-refractivity contribution is 7.98. The molecule has 3 rings (SSSR count). The van der Waals surface area contributed by atoms with E-state index in [2.05, 4.69) is 14.9 Å². The molecule has 0 spiro atoms. The highest BCUT2D eigenvalue weighted by Gasteiger charge is 2.18. The molecule has 5 nitrogen and oxygen atoms in total. The zero-order valence-electron chi connectivity index (χ0n) is 11.8. The molecule has 0 saturated heterocycles. The fraction of sp³-hybridized carbons (Fsp3) is 0.333. The summed E-state index contributed by atoms with van der Waals surface area (Å²) in [6.07, 6.45) is 4.80. The van der Waals surface area contributed by atoms with Crippen LogP contribution in [-0.2, 0) is 19.5 Å². The minimum absolute atomic E-state index is 0.0714. The van der Waals surface area contributed by atoms with Gasteiger partial charge < -0.3 is 10.2 Å². The van der Waals surface area contributed by atoms with Gasteiger partial charge in [0.05, 0.1) is 5.69 Å². The molecule has 0 atom stereocenters. The molecule has 1 aromatic carbocycles. The number of rotatable bonds is 3. The highest BCUT2D eigenvalue weighted by atomic mass is 32.2. The van der Waals surface area contributed by atoms with Gasteiger partial charge >= 0.3 is 0 Å². The number of aromatic hydroxyl groups is 2. The van der Waals surface area contributed by atoms with Crippen molar-refractivity contribution in [3.63, 3.8) is 0 Å². The molecular weight excluding hydrogens is 286 g/mol. The van der Waals surface area contributed by atoms with Gasteiger partial charge in [0.15, 0.2) is 16.7 Å². The number of nitrogens with zero attached hydrogens (tertiary/aromatic N) is 3. The Hall–Kier alpha value is -1.79. The molecule has 1 aromatic heterocycles. The number of phenols is 2. The molecule has 0 fully saturated rings. The van der Waals surface area contributed by atoms with E-state index in [4.69, 9.17) is 0 Å². The van der Waals surface area contributed by atoms with Crippen LogP contribution in [0.15, 0.2) is 29.6 Å². The largest absolute Gasteiger partial charge is 0.504 e. The van der Waals surface area contributed by atoms with Crippen molar-refractivity contribution in [1.82, 2.24) is 14.9 Å². The van der Waals surface area contributed by atoms with Gasteiger partial charge in [-0.2, -0.15) is 0 Å². The molecule has 21 heavy (non-hydrogen) atoms. The predicted molar refractivity (Wildman–Crippen MR) is 81.4 cm³/mol. The lowest BCUT2D eigenvalue weighted by Gasteiger charge is -2.28. The van der Waals surface area contributed by atoms with Crippen LogP contribution < -0.4 is 0 Å². The normalized spacial score (nSPS) is 14.9. The SMILES string of the molecule is CSc1ncc2c(n1)CCN(Cc1ccc(O)c(O)c1)C2. The maximum Gasteiger partial charge on any atom is 0.187 e. The third-order valence-electron chi connectivity index (χ3n) is 3.62. The molecule has 0 amide bonds. The Morgan fingerprint density at radius 1 is 1.29 bits per heavy atom. The van der Waals surface area contributed by atoms with Crippen LogP contribution in [0.4, 0.5) is 0 Å². The number of hydrogen-bond acceptors (Lipinski definition) is 6. The van der Waals surface area contributed by atoms with Crippen molar-refractivity contribution in [1.29, 1.82) is 0 Å². The fourth-order valence-corrected chi connectivity index (χ4v) is 2.87. The molecule has 0 bridgehead atoms. The first-order chi connectivity index (χ1) is 10.2. The van der Waals surface area contributed by atoms with Crippen molar-refractivity contribution in [3.05, 3.63) is 41.2 Å². The second kappa shape index (κ2) is 5.91. The van der Waals surface area contributed by atoms with Crippen LogP contribution in [0.2, 0.25) is 0 Å². The Morgan fingerprint density at radius 2 is 2.14 bits per heavy atom. The van der Waals surface area contributed by atoms with E-state index in [1.165, 1.54) is 11.6 Å². The van der Waals surface area contributed by atoms with Gasteiger partial charge in [-0.05, 0) is 24.0 Å². The zero-order chi connectivity index (χ0) is 14.8. The summed E-state index contributed by atoms with van der Waals surface area (Å²) in [6, 6.07) is 4.96. The molecule has 0 saturated carbocycles. The van der Waals surface area contributed by atoms with E-state index < -0.39 is 0 Å². The Bertz CT molecular complexity index is 663. The van der Waals surface area contributed by atoms with Crippen LogP contribution in [0, 0.1) is 0 Å². The molecule has 1 aliphatic heterocycles. The number of phenolic OH excluding ortho intramolecular Hbond substituents is 2. The summed E-state index contributed by atoms with van der Waals surface area (Å²) in [7, 11) is 0. The summed E-state index contributed by atoms with van der Waals surface area (Å²) in [6.45, 7) is 2.47. The van der Waals surface area contributed by atoms with Crippen LogP contribution in [0.5, 0.6) is 11.5 Å². The van der Waals surface area contributed by atoms with E-state index in [0.29, 0.717) is 0 Å². The second-order valence-corrected chi connectivity index (χ2v) is 5.89. The van der Waals surface area contributed by atoms with E-state index in [0.717, 1.165) is 42.5 Å². The smallest absolute Gasteiger partial charge is 0.187 e. The van der Waals surface area contributed by atoms with Crippen molar-refractivity contribution in [2.45, 2.75) is 24.7 Å². The first kappa shape index (κ1) is 14.2. The molecule has 110 valence electrons. The molecular formula is C15H17N3O2S. The molecule has 6 heteroatoms. The lowest BCUT2D eigenvalue weighted by atomic mass is 10.1. The van der Waals surface area contributed by atoms with Crippen LogP contribution >= 0.6 is 11.8 Å². The number of benzene rings is 1. The van der Waals surface area contributed by atoms with E-state index in [1.807, 2.05) is 18.5 Å². The topological polar surface area (TPSA) is 69.5 Å². The average Bonchev–Trinajstić information content (AvgIpc) is 2.50. The molecule has 1 aliphatic rings. The van der Waals surface area contributed by atoms with E-state index in [-0.39, 0.29) is 11.5 Å². The number of aromatic nitrogens is 2. The number of thioether (sulfide) groups is 1. The van der Waals surface area contributed by atoms with Gasteiger partial charge in [0, 0.05) is 37.8 Å². The maximum absolute atomic E-state index is 9.55. The van der Waals surface area contributed by atoms with Gasteiger partial charge in [-0.3, -0.25) is 4.90 Å². The van der Waals surface area contributed by atoms with Gasteiger partial charge in [0.1, 0.15) is 0 Å². The number of hydrogen-bond donors (Lipinski definition) is 2. The van der Waals surface area contributed by atoms with Crippen LogP contribution in [-0.4, -0.2) is 37.9 Å². The third-order valence-corrected chi connectivity index (χ3v) is 4.18.